The molecule has 2 aromatic rings. The molecule has 1 heterocycles. The maximum atomic E-state index is 13.2. The molecule has 0 spiro atoms. The van der Waals surface area contributed by atoms with Crippen molar-refractivity contribution in [2.24, 2.45) is 5.73 Å². The quantitative estimate of drug-likeness (QED) is 0.536. The molecule has 0 unspecified atom stereocenters. The van der Waals surface area contributed by atoms with Crippen LogP contribution in [0.2, 0.25) is 5.02 Å². The molecular formula is C26H29ClF3N3O4. The van der Waals surface area contributed by atoms with E-state index in [1.165, 1.54) is 5.56 Å². The number of carboxylic acid groups (broad SMARTS) is 1. The Hall–Kier alpha value is -3.11. The molecular weight excluding hydrogens is 511 g/mol. The zero-order chi connectivity index (χ0) is 27.2. The van der Waals surface area contributed by atoms with E-state index < -0.39 is 18.2 Å². The molecule has 2 fully saturated rings. The van der Waals surface area contributed by atoms with Crippen molar-refractivity contribution in [3.05, 3.63) is 70.7 Å². The molecule has 2 aromatic carbocycles. The topological polar surface area (TPSA) is 113 Å². The van der Waals surface area contributed by atoms with Gasteiger partial charge in [0.1, 0.15) is 6.04 Å². The van der Waals surface area contributed by atoms with Crippen molar-refractivity contribution in [2.75, 3.05) is 13.1 Å². The molecule has 1 aliphatic carbocycles. The van der Waals surface area contributed by atoms with Gasteiger partial charge < -0.3 is 21.1 Å². The Kier molecular flexibility index (Phi) is 9.20. The van der Waals surface area contributed by atoms with Gasteiger partial charge in [-0.1, -0.05) is 54.1 Å². The molecule has 7 nitrogen and oxygen atoms in total. The highest BCUT2D eigenvalue weighted by Gasteiger charge is 2.42. The van der Waals surface area contributed by atoms with E-state index in [1.54, 1.807) is 4.90 Å². The Labute approximate surface area is 217 Å². The molecule has 2 aliphatic rings. The Bertz CT molecular complexity index is 1110. The van der Waals surface area contributed by atoms with Crippen LogP contribution in [0.1, 0.15) is 36.8 Å². The van der Waals surface area contributed by atoms with E-state index in [4.69, 9.17) is 27.2 Å². The summed E-state index contributed by atoms with van der Waals surface area (Å²) >= 11 is 6.21. The highest BCUT2D eigenvalue weighted by molar-refractivity contribution is 6.30. The maximum absolute atomic E-state index is 13.2. The molecule has 4 rings (SSSR count). The molecule has 0 aromatic heterocycles. The van der Waals surface area contributed by atoms with Crippen LogP contribution < -0.4 is 11.1 Å². The zero-order valence-corrected chi connectivity index (χ0v) is 20.8. The molecule has 200 valence electrons. The second kappa shape index (κ2) is 12.0. The molecule has 2 amide bonds. The van der Waals surface area contributed by atoms with E-state index in [-0.39, 0.29) is 29.8 Å². The van der Waals surface area contributed by atoms with Gasteiger partial charge in [0.25, 0.3) is 0 Å². The number of hydrogen-bond acceptors (Lipinski definition) is 4. The summed E-state index contributed by atoms with van der Waals surface area (Å²) in [6.45, 7) is 0.687. The van der Waals surface area contributed by atoms with Crippen LogP contribution in [0, 0.1) is 0 Å². The highest BCUT2D eigenvalue weighted by Crippen LogP contribution is 2.41. The number of amides is 2. The van der Waals surface area contributed by atoms with Gasteiger partial charge in [0.15, 0.2) is 0 Å². The third-order valence-corrected chi connectivity index (χ3v) is 7.17. The van der Waals surface area contributed by atoms with Gasteiger partial charge in [0.05, 0.1) is 6.54 Å². The lowest BCUT2D eigenvalue weighted by Gasteiger charge is -2.45. The normalized spacial score (nSPS) is 24.1. The number of rotatable bonds is 5. The first-order valence-corrected chi connectivity index (χ1v) is 12.2. The van der Waals surface area contributed by atoms with Gasteiger partial charge in [-0.25, -0.2) is 4.79 Å². The first-order chi connectivity index (χ1) is 17.4. The number of nitrogens with zero attached hydrogens (tertiary/aromatic N) is 1. The van der Waals surface area contributed by atoms with Crippen molar-refractivity contribution in [1.29, 1.82) is 0 Å². The first kappa shape index (κ1) is 28.5. The summed E-state index contributed by atoms with van der Waals surface area (Å²) in [6, 6.07) is 17.3. The fraction of sp³-hybridized carbons (Fsp3) is 0.423. The standard InChI is InChI=1S/C24H28ClN3O2.C2HF3O2/c25-19-8-4-7-18(14-19)24(16-26)11-9-20(10-12-24)28-15-22(29)27-21(23(28)30)13-17-5-2-1-3-6-17;3-2(4,5)1(6)7/h1-8,14,20-21H,9-13,15-16,26H2,(H,27,29);(H,6,7)/t20-,21-,24+;/m0./s1. The number of carboxylic acids is 1. The minimum absolute atomic E-state index is 0.0199. The number of nitrogens with two attached hydrogens (primary N) is 1. The second-order valence-electron chi connectivity index (χ2n) is 9.30. The SMILES string of the molecule is NC[C@]1(c2cccc(Cl)c2)CC[C@@H](N2CC(=O)N[C@@H](Cc3ccccc3)C2=O)CC1.O=C(O)C(F)(F)F. The van der Waals surface area contributed by atoms with Crippen molar-refractivity contribution in [3.8, 4) is 0 Å². The predicted molar refractivity (Wildman–Crippen MR) is 132 cm³/mol. The summed E-state index contributed by atoms with van der Waals surface area (Å²) in [7, 11) is 0. The van der Waals surface area contributed by atoms with Crippen molar-refractivity contribution in [3.63, 3.8) is 0 Å². The molecule has 1 aliphatic heterocycles. The lowest BCUT2D eigenvalue weighted by atomic mass is 9.68. The average Bonchev–Trinajstić information content (AvgIpc) is 2.86. The second-order valence-corrected chi connectivity index (χ2v) is 9.74. The van der Waals surface area contributed by atoms with Crippen LogP contribution in [0.3, 0.4) is 0 Å². The third kappa shape index (κ3) is 7.23. The summed E-state index contributed by atoms with van der Waals surface area (Å²) in [5.74, 6) is -2.82. The van der Waals surface area contributed by atoms with Crippen LogP contribution in [0.15, 0.2) is 54.6 Å². The summed E-state index contributed by atoms with van der Waals surface area (Å²) in [6.07, 6.45) is -1.14. The summed E-state index contributed by atoms with van der Waals surface area (Å²) in [5.41, 5.74) is 8.31. The molecule has 1 saturated heterocycles. The van der Waals surface area contributed by atoms with Crippen molar-refractivity contribution in [2.45, 2.75) is 55.8 Å². The highest BCUT2D eigenvalue weighted by atomic mass is 35.5. The minimum atomic E-state index is -5.08. The average molecular weight is 540 g/mol. The lowest BCUT2D eigenvalue weighted by Crippen LogP contribution is -2.62. The first-order valence-electron chi connectivity index (χ1n) is 11.9. The molecule has 37 heavy (non-hydrogen) atoms. The molecule has 1 saturated carbocycles. The Balaban J connectivity index is 0.000000479. The van der Waals surface area contributed by atoms with Gasteiger partial charge in [-0.05, 0) is 48.9 Å². The van der Waals surface area contributed by atoms with Crippen LogP contribution in [0.5, 0.6) is 0 Å². The van der Waals surface area contributed by atoms with Crippen LogP contribution >= 0.6 is 11.6 Å². The van der Waals surface area contributed by atoms with Gasteiger partial charge >= 0.3 is 12.1 Å². The van der Waals surface area contributed by atoms with E-state index in [1.807, 2.05) is 48.5 Å². The van der Waals surface area contributed by atoms with Crippen molar-refractivity contribution < 1.29 is 32.7 Å². The van der Waals surface area contributed by atoms with Crippen LogP contribution in [0.4, 0.5) is 13.2 Å². The van der Waals surface area contributed by atoms with Gasteiger partial charge in [-0.15, -0.1) is 0 Å². The van der Waals surface area contributed by atoms with Crippen molar-refractivity contribution >= 4 is 29.4 Å². The Morgan fingerprint density at radius 1 is 1.11 bits per heavy atom. The Morgan fingerprint density at radius 3 is 2.27 bits per heavy atom. The number of alkyl halides is 3. The van der Waals surface area contributed by atoms with Gasteiger partial charge in [0.2, 0.25) is 11.8 Å². The van der Waals surface area contributed by atoms with Crippen LogP contribution in [0.25, 0.3) is 0 Å². The fourth-order valence-corrected chi connectivity index (χ4v) is 5.12. The number of hydrogen-bond donors (Lipinski definition) is 3. The van der Waals surface area contributed by atoms with E-state index in [0.29, 0.717) is 18.0 Å². The zero-order valence-electron chi connectivity index (χ0n) is 20.0. The number of aliphatic carboxylic acids is 1. The number of carbonyl (C=O) groups excluding carboxylic acids is 2. The largest absolute Gasteiger partial charge is 0.490 e. The summed E-state index contributed by atoms with van der Waals surface area (Å²) in [5, 5.41) is 10.7. The smallest absolute Gasteiger partial charge is 0.475 e. The predicted octanol–water partition coefficient (Wildman–Crippen LogP) is 3.68. The Morgan fingerprint density at radius 2 is 1.73 bits per heavy atom. The fourth-order valence-electron chi connectivity index (χ4n) is 4.93. The number of carbonyl (C=O) groups is 3. The number of halogens is 4. The van der Waals surface area contributed by atoms with E-state index in [0.717, 1.165) is 31.2 Å². The van der Waals surface area contributed by atoms with Crippen molar-refractivity contribution in [1.82, 2.24) is 10.2 Å². The van der Waals surface area contributed by atoms with Gasteiger partial charge in [0, 0.05) is 29.4 Å². The molecule has 4 N–H and O–H groups in total. The molecule has 0 bridgehead atoms. The molecule has 11 heteroatoms. The van der Waals surface area contributed by atoms with Gasteiger partial charge in [-0.2, -0.15) is 13.2 Å². The summed E-state index contributed by atoms with van der Waals surface area (Å²) < 4.78 is 31.7. The lowest BCUT2D eigenvalue weighted by molar-refractivity contribution is -0.192. The van der Waals surface area contributed by atoms with E-state index >= 15 is 0 Å². The number of piperazine rings is 1. The monoisotopic (exact) mass is 539 g/mol. The van der Waals surface area contributed by atoms with Gasteiger partial charge in [-0.3, -0.25) is 9.59 Å². The van der Waals surface area contributed by atoms with E-state index in [2.05, 4.69) is 11.4 Å². The number of benzene rings is 2. The summed E-state index contributed by atoms with van der Waals surface area (Å²) in [4.78, 5) is 36.2. The molecule has 0 radical (unpaired) electrons. The maximum Gasteiger partial charge on any atom is 0.490 e. The van der Waals surface area contributed by atoms with Crippen LogP contribution in [-0.2, 0) is 26.2 Å². The third-order valence-electron chi connectivity index (χ3n) is 6.94. The van der Waals surface area contributed by atoms with Crippen LogP contribution in [-0.4, -0.2) is 59.1 Å². The number of nitrogens with one attached hydrogen (secondary N) is 1. The van der Waals surface area contributed by atoms with E-state index in [9.17, 15) is 22.8 Å². The molecule has 1 atom stereocenters. The minimum Gasteiger partial charge on any atom is -0.475 e.